The van der Waals surface area contributed by atoms with Crippen LogP contribution in [0.25, 0.3) is 11.4 Å². The monoisotopic (exact) mass is 341 g/mol. The molecule has 3 aromatic rings. The van der Waals surface area contributed by atoms with Crippen LogP contribution in [-0.2, 0) is 12.6 Å². The first-order valence-electron chi connectivity index (χ1n) is 8.00. The van der Waals surface area contributed by atoms with Crippen molar-refractivity contribution in [2.45, 2.75) is 18.4 Å². The minimum Gasteiger partial charge on any atom is -0.382 e. The molecule has 1 fully saturated rings. The molecule has 0 atom stereocenters. The Kier molecular flexibility index (Phi) is 3.82. The number of piperidine rings is 1. The predicted octanol–water partition coefficient (Wildman–Crippen LogP) is 2.43. The van der Waals surface area contributed by atoms with Gasteiger partial charge in [-0.2, -0.15) is 9.36 Å². The van der Waals surface area contributed by atoms with Gasteiger partial charge in [0.25, 0.3) is 0 Å². The molecular formula is C17H19N5OS. The van der Waals surface area contributed by atoms with E-state index in [-0.39, 0.29) is 0 Å². The van der Waals surface area contributed by atoms with Crippen LogP contribution < -0.4 is 4.90 Å². The number of benzene rings is 1. The average molecular weight is 341 g/mol. The maximum absolute atomic E-state index is 10.9. The summed E-state index contributed by atoms with van der Waals surface area (Å²) in [4.78, 5) is 11.2. The van der Waals surface area contributed by atoms with Gasteiger partial charge < -0.3 is 14.6 Å². The summed E-state index contributed by atoms with van der Waals surface area (Å²) in [5, 5.41) is 11.8. The zero-order valence-electron chi connectivity index (χ0n) is 13.5. The highest BCUT2D eigenvalue weighted by atomic mass is 32.1. The summed E-state index contributed by atoms with van der Waals surface area (Å²) in [6.07, 6.45) is 4.88. The first-order valence-corrected chi connectivity index (χ1v) is 8.77. The number of hydrogen-bond donors (Lipinski definition) is 1. The highest BCUT2D eigenvalue weighted by Gasteiger charge is 2.37. The van der Waals surface area contributed by atoms with Gasteiger partial charge in [-0.25, -0.2) is 4.98 Å². The van der Waals surface area contributed by atoms with Crippen LogP contribution in [0.15, 0.2) is 42.7 Å². The first kappa shape index (κ1) is 15.3. The zero-order chi connectivity index (χ0) is 16.6. The molecule has 1 N–H and O–H groups in total. The maximum atomic E-state index is 10.9. The lowest BCUT2D eigenvalue weighted by molar-refractivity contribution is 0.000782. The summed E-state index contributed by atoms with van der Waals surface area (Å²) in [5.74, 6) is 1.50. The van der Waals surface area contributed by atoms with E-state index in [4.69, 9.17) is 0 Å². The SMILES string of the molecule is Cn1ccnc1C1(O)CCN(c2nc(-c3ccccc3)ns2)CC1. The lowest BCUT2D eigenvalue weighted by Crippen LogP contribution is -2.44. The summed E-state index contributed by atoms with van der Waals surface area (Å²) in [6, 6.07) is 10.00. The topological polar surface area (TPSA) is 67.1 Å². The van der Waals surface area contributed by atoms with Gasteiger partial charge in [-0.15, -0.1) is 0 Å². The van der Waals surface area contributed by atoms with E-state index in [1.165, 1.54) is 11.5 Å². The van der Waals surface area contributed by atoms with Gasteiger partial charge in [0.2, 0.25) is 5.13 Å². The minimum atomic E-state index is -0.859. The van der Waals surface area contributed by atoms with Crippen molar-refractivity contribution in [3.8, 4) is 11.4 Å². The second-order valence-corrected chi connectivity index (χ2v) is 6.88. The highest BCUT2D eigenvalue weighted by molar-refractivity contribution is 7.09. The van der Waals surface area contributed by atoms with E-state index in [2.05, 4.69) is 19.2 Å². The Labute approximate surface area is 144 Å². The van der Waals surface area contributed by atoms with Crippen LogP contribution in [0, 0.1) is 0 Å². The van der Waals surface area contributed by atoms with Gasteiger partial charge >= 0.3 is 0 Å². The molecule has 0 amide bonds. The van der Waals surface area contributed by atoms with Crippen LogP contribution >= 0.6 is 11.5 Å². The Balaban J connectivity index is 1.49. The standard InChI is InChI=1S/C17H19N5OS/c1-21-12-9-18-15(21)17(23)7-10-22(11-8-17)16-19-14(20-24-16)13-5-3-2-4-6-13/h2-6,9,12,23H,7-8,10-11H2,1H3. The van der Waals surface area contributed by atoms with Crippen LogP contribution in [-0.4, -0.2) is 37.1 Å². The Hall–Kier alpha value is -2.25. The molecule has 6 nitrogen and oxygen atoms in total. The second-order valence-electron chi connectivity index (χ2n) is 6.15. The summed E-state index contributed by atoms with van der Waals surface area (Å²) in [5.41, 5.74) is 0.170. The van der Waals surface area contributed by atoms with Crippen LogP contribution in [0.2, 0.25) is 0 Å². The number of hydrogen-bond acceptors (Lipinski definition) is 6. The fraction of sp³-hybridized carbons (Fsp3) is 0.353. The van der Waals surface area contributed by atoms with E-state index in [1.807, 2.05) is 48.1 Å². The van der Waals surface area contributed by atoms with Gasteiger partial charge in [-0.1, -0.05) is 30.3 Å². The van der Waals surface area contributed by atoms with E-state index in [1.54, 1.807) is 6.20 Å². The summed E-state index contributed by atoms with van der Waals surface area (Å²) < 4.78 is 6.37. The van der Waals surface area contributed by atoms with Gasteiger partial charge in [-0.3, -0.25) is 0 Å². The third-order valence-electron chi connectivity index (χ3n) is 4.55. The third-order valence-corrected chi connectivity index (χ3v) is 5.32. The van der Waals surface area contributed by atoms with Gasteiger partial charge in [0.05, 0.1) is 0 Å². The molecular weight excluding hydrogens is 322 g/mol. The normalized spacial score (nSPS) is 17.2. The molecule has 4 rings (SSSR count). The number of nitrogens with zero attached hydrogens (tertiary/aromatic N) is 5. The van der Waals surface area contributed by atoms with Gasteiger partial charge in [-0.05, 0) is 0 Å². The van der Waals surface area contributed by atoms with E-state index in [0.717, 1.165) is 35.4 Å². The average Bonchev–Trinajstić information content (AvgIpc) is 3.26. The molecule has 1 aromatic carbocycles. The Morgan fingerprint density at radius 2 is 1.92 bits per heavy atom. The molecule has 24 heavy (non-hydrogen) atoms. The molecule has 0 spiro atoms. The number of aryl methyl sites for hydroxylation is 1. The predicted molar refractivity (Wildman–Crippen MR) is 93.9 cm³/mol. The Morgan fingerprint density at radius 1 is 1.17 bits per heavy atom. The smallest absolute Gasteiger partial charge is 0.205 e. The van der Waals surface area contributed by atoms with Crippen LogP contribution in [0.1, 0.15) is 18.7 Å². The molecule has 0 bridgehead atoms. The van der Waals surface area contributed by atoms with Crippen molar-refractivity contribution in [3.05, 3.63) is 48.5 Å². The molecule has 0 radical (unpaired) electrons. The zero-order valence-corrected chi connectivity index (χ0v) is 14.3. The Bertz CT molecular complexity index is 820. The molecule has 1 aliphatic rings. The van der Waals surface area contributed by atoms with Crippen LogP contribution in [0.4, 0.5) is 5.13 Å². The molecule has 0 aliphatic carbocycles. The maximum Gasteiger partial charge on any atom is 0.205 e. The number of aliphatic hydroxyl groups is 1. The molecule has 2 aromatic heterocycles. The van der Waals surface area contributed by atoms with Gasteiger partial charge in [0, 0.05) is 62.5 Å². The fourth-order valence-corrected chi connectivity index (χ4v) is 3.89. The van der Waals surface area contributed by atoms with E-state index < -0.39 is 5.60 Å². The number of rotatable bonds is 3. The van der Waals surface area contributed by atoms with Crippen molar-refractivity contribution in [2.75, 3.05) is 18.0 Å². The van der Waals surface area contributed by atoms with Crippen LogP contribution in [0.5, 0.6) is 0 Å². The molecule has 7 heteroatoms. The van der Waals surface area contributed by atoms with Crippen molar-refractivity contribution < 1.29 is 5.11 Å². The highest BCUT2D eigenvalue weighted by Crippen LogP contribution is 2.34. The number of aromatic nitrogens is 4. The van der Waals surface area contributed by atoms with Gasteiger partial charge in [0.1, 0.15) is 11.4 Å². The minimum absolute atomic E-state index is 0.637. The lowest BCUT2D eigenvalue weighted by atomic mass is 9.90. The second kappa shape index (κ2) is 5.99. The lowest BCUT2D eigenvalue weighted by Gasteiger charge is -2.37. The van der Waals surface area contributed by atoms with Crippen molar-refractivity contribution in [1.29, 1.82) is 0 Å². The summed E-state index contributed by atoms with van der Waals surface area (Å²) in [6.45, 7) is 1.49. The van der Waals surface area contributed by atoms with Crippen molar-refractivity contribution in [3.63, 3.8) is 0 Å². The summed E-state index contributed by atoms with van der Waals surface area (Å²) in [7, 11) is 1.92. The molecule has 0 saturated carbocycles. The largest absolute Gasteiger partial charge is 0.382 e. The molecule has 1 aliphatic heterocycles. The fourth-order valence-electron chi connectivity index (χ4n) is 3.15. The van der Waals surface area contributed by atoms with E-state index in [0.29, 0.717) is 12.8 Å². The molecule has 0 unspecified atom stereocenters. The van der Waals surface area contributed by atoms with E-state index >= 15 is 0 Å². The summed E-state index contributed by atoms with van der Waals surface area (Å²) >= 11 is 1.41. The van der Waals surface area contributed by atoms with Crippen molar-refractivity contribution in [1.82, 2.24) is 18.9 Å². The third kappa shape index (κ3) is 2.70. The van der Waals surface area contributed by atoms with Crippen molar-refractivity contribution in [2.24, 2.45) is 7.05 Å². The van der Waals surface area contributed by atoms with Crippen LogP contribution in [0.3, 0.4) is 0 Å². The number of anilines is 1. The molecule has 3 heterocycles. The quantitative estimate of drug-likeness (QED) is 0.792. The molecule has 1 saturated heterocycles. The Morgan fingerprint density at radius 3 is 2.58 bits per heavy atom. The first-order chi connectivity index (χ1) is 11.7. The van der Waals surface area contributed by atoms with Crippen molar-refractivity contribution >= 4 is 16.7 Å². The van der Waals surface area contributed by atoms with Gasteiger partial charge in [0.15, 0.2) is 5.82 Å². The number of imidazole rings is 1. The van der Waals surface area contributed by atoms with E-state index in [9.17, 15) is 5.11 Å². The molecule has 124 valence electrons.